The van der Waals surface area contributed by atoms with Gasteiger partial charge in [0, 0.05) is 32.7 Å². The van der Waals surface area contributed by atoms with E-state index in [0.717, 1.165) is 32.2 Å². The van der Waals surface area contributed by atoms with Crippen molar-refractivity contribution in [2.75, 3.05) is 19.8 Å². The van der Waals surface area contributed by atoms with Gasteiger partial charge in [-0.1, -0.05) is 6.92 Å². The summed E-state index contributed by atoms with van der Waals surface area (Å²) in [5.74, 6) is 1.81. The van der Waals surface area contributed by atoms with Gasteiger partial charge in [-0.3, -0.25) is 4.79 Å². The van der Waals surface area contributed by atoms with Crippen molar-refractivity contribution in [2.24, 2.45) is 11.8 Å². The molecule has 0 aromatic rings. The van der Waals surface area contributed by atoms with Crippen LogP contribution >= 0.6 is 0 Å². The Morgan fingerprint density at radius 1 is 1.10 bits per heavy atom. The predicted molar refractivity (Wildman–Crippen MR) is 81.9 cm³/mol. The number of carbonyl (C=O) groups excluding carboxylic acids is 1. The third kappa shape index (κ3) is 8.01. The molecule has 1 aliphatic carbocycles. The maximum Gasteiger partial charge on any atom is 0.132 e. The maximum atomic E-state index is 11.2. The molecule has 0 N–H and O–H groups in total. The van der Waals surface area contributed by atoms with Crippen LogP contribution in [0.2, 0.25) is 0 Å². The third-order valence-corrected chi connectivity index (χ3v) is 4.12. The Morgan fingerprint density at radius 2 is 1.70 bits per heavy atom. The van der Waals surface area contributed by atoms with Crippen molar-refractivity contribution in [1.29, 1.82) is 0 Å². The standard InChI is InChI=1S/C17H32O3/c1-4-17(18)6-5-11-19-12-15-7-9-16(10-8-15)13-20-14(2)3/h14-16H,4-13H2,1-3H3/t15-,16-. The lowest BCUT2D eigenvalue weighted by molar-refractivity contribution is -0.119. The molecular weight excluding hydrogens is 252 g/mol. The molecule has 20 heavy (non-hydrogen) atoms. The minimum atomic E-state index is 0.347. The van der Waals surface area contributed by atoms with E-state index in [2.05, 4.69) is 13.8 Å². The quantitative estimate of drug-likeness (QED) is 0.569. The van der Waals surface area contributed by atoms with Crippen molar-refractivity contribution in [3.05, 3.63) is 0 Å². The zero-order chi connectivity index (χ0) is 14.8. The van der Waals surface area contributed by atoms with Crippen molar-refractivity contribution in [2.45, 2.75) is 71.8 Å². The van der Waals surface area contributed by atoms with E-state index in [-0.39, 0.29) is 0 Å². The van der Waals surface area contributed by atoms with Gasteiger partial charge in [0.1, 0.15) is 5.78 Å². The lowest BCUT2D eigenvalue weighted by atomic mass is 9.83. The van der Waals surface area contributed by atoms with Crippen LogP contribution < -0.4 is 0 Å². The molecule has 3 heteroatoms. The molecule has 3 nitrogen and oxygen atoms in total. The number of ketones is 1. The SMILES string of the molecule is CCC(=O)CCCOC[C@H]1CC[C@H](COC(C)C)CC1. The molecule has 0 unspecified atom stereocenters. The topological polar surface area (TPSA) is 35.5 Å². The molecule has 0 aromatic heterocycles. The van der Waals surface area contributed by atoms with Gasteiger partial charge in [-0.15, -0.1) is 0 Å². The van der Waals surface area contributed by atoms with Crippen molar-refractivity contribution in [1.82, 2.24) is 0 Å². The molecular formula is C17H32O3. The zero-order valence-corrected chi connectivity index (χ0v) is 13.5. The summed E-state index contributed by atoms with van der Waals surface area (Å²) in [7, 11) is 0. The van der Waals surface area contributed by atoms with Gasteiger partial charge in [0.2, 0.25) is 0 Å². The Labute approximate surface area is 124 Å². The summed E-state index contributed by atoms with van der Waals surface area (Å²) < 4.78 is 11.4. The number of rotatable bonds is 10. The van der Waals surface area contributed by atoms with Crippen LogP contribution in [0.15, 0.2) is 0 Å². The summed E-state index contributed by atoms with van der Waals surface area (Å²) in [4.78, 5) is 11.2. The highest BCUT2D eigenvalue weighted by molar-refractivity contribution is 5.77. The van der Waals surface area contributed by atoms with Gasteiger partial charge in [-0.05, 0) is 57.8 Å². The molecule has 118 valence electrons. The Balaban J connectivity index is 1.98. The fraction of sp³-hybridized carbons (Fsp3) is 0.941. The van der Waals surface area contributed by atoms with Crippen LogP contribution in [0.5, 0.6) is 0 Å². The summed E-state index contributed by atoms with van der Waals surface area (Å²) >= 11 is 0. The van der Waals surface area contributed by atoms with Crippen LogP contribution in [0.1, 0.15) is 65.7 Å². The molecule has 0 bridgehead atoms. The maximum absolute atomic E-state index is 11.2. The second-order valence-electron chi connectivity index (χ2n) is 6.34. The first-order valence-electron chi connectivity index (χ1n) is 8.32. The van der Waals surface area contributed by atoms with Crippen LogP contribution in [-0.2, 0) is 14.3 Å². The van der Waals surface area contributed by atoms with Gasteiger partial charge in [-0.2, -0.15) is 0 Å². The molecule has 0 radical (unpaired) electrons. The molecule has 0 aliphatic heterocycles. The molecule has 0 heterocycles. The van der Waals surface area contributed by atoms with Gasteiger partial charge < -0.3 is 9.47 Å². The third-order valence-electron chi connectivity index (χ3n) is 4.12. The van der Waals surface area contributed by atoms with E-state index in [1.807, 2.05) is 6.92 Å². The van der Waals surface area contributed by atoms with Crippen molar-refractivity contribution in [3.8, 4) is 0 Å². The number of carbonyl (C=O) groups is 1. The van der Waals surface area contributed by atoms with Crippen molar-refractivity contribution >= 4 is 5.78 Å². The van der Waals surface area contributed by atoms with Crippen LogP contribution in [0.4, 0.5) is 0 Å². The van der Waals surface area contributed by atoms with Crippen LogP contribution in [0, 0.1) is 11.8 Å². The van der Waals surface area contributed by atoms with E-state index in [4.69, 9.17) is 9.47 Å². The van der Waals surface area contributed by atoms with Gasteiger partial charge >= 0.3 is 0 Å². The van der Waals surface area contributed by atoms with Crippen LogP contribution in [0.3, 0.4) is 0 Å². The van der Waals surface area contributed by atoms with Gasteiger partial charge in [0.15, 0.2) is 0 Å². The first-order valence-corrected chi connectivity index (χ1v) is 8.32. The summed E-state index contributed by atoms with van der Waals surface area (Å²) in [5, 5.41) is 0. The van der Waals surface area contributed by atoms with Crippen LogP contribution in [-0.4, -0.2) is 31.7 Å². The molecule has 0 spiro atoms. The first kappa shape index (κ1) is 17.6. The van der Waals surface area contributed by atoms with E-state index in [1.165, 1.54) is 25.7 Å². The van der Waals surface area contributed by atoms with Gasteiger partial charge in [-0.25, -0.2) is 0 Å². The molecule has 1 saturated carbocycles. The monoisotopic (exact) mass is 284 g/mol. The van der Waals surface area contributed by atoms with E-state index in [0.29, 0.717) is 30.6 Å². The molecule has 0 atom stereocenters. The summed E-state index contributed by atoms with van der Waals surface area (Å²) in [6.07, 6.45) is 7.63. The smallest absolute Gasteiger partial charge is 0.132 e. The summed E-state index contributed by atoms with van der Waals surface area (Å²) in [6.45, 7) is 8.65. The summed E-state index contributed by atoms with van der Waals surface area (Å²) in [6, 6.07) is 0. The Bertz CT molecular complexity index is 255. The van der Waals surface area contributed by atoms with E-state index >= 15 is 0 Å². The second-order valence-corrected chi connectivity index (χ2v) is 6.34. The number of ether oxygens (including phenoxy) is 2. The van der Waals surface area contributed by atoms with Gasteiger partial charge in [0.25, 0.3) is 0 Å². The fourth-order valence-electron chi connectivity index (χ4n) is 2.69. The van der Waals surface area contributed by atoms with E-state index in [1.54, 1.807) is 0 Å². The number of hydrogen-bond acceptors (Lipinski definition) is 3. The van der Waals surface area contributed by atoms with Crippen LogP contribution in [0.25, 0.3) is 0 Å². The second kappa shape index (κ2) is 10.3. The Hall–Kier alpha value is -0.410. The van der Waals surface area contributed by atoms with E-state index < -0.39 is 0 Å². The average molecular weight is 284 g/mol. The van der Waals surface area contributed by atoms with Crippen molar-refractivity contribution in [3.63, 3.8) is 0 Å². The molecule has 0 saturated heterocycles. The highest BCUT2D eigenvalue weighted by Crippen LogP contribution is 2.29. The van der Waals surface area contributed by atoms with Crippen molar-refractivity contribution < 1.29 is 14.3 Å². The summed E-state index contributed by atoms with van der Waals surface area (Å²) in [5.41, 5.74) is 0. The highest BCUT2D eigenvalue weighted by Gasteiger charge is 2.21. The molecule has 1 aliphatic rings. The lowest BCUT2D eigenvalue weighted by Gasteiger charge is -2.28. The Kier molecular flexibility index (Phi) is 9.12. The van der Waals surface area contributed by atoms with Gasteiger partial charge in [0.05, 0.1) is 6.10 Å². The molecule has 1 fully saturated rings. The van der Waals surface area contributed by atoms with E-state index in [9.17, 15) is 4.79 Å². The molecule has 1 rings (SSSR count). The predicted octanol–water partition coefficient (Wildman–Crippen LogP) is 3.99. The minimum absolute atomic E-state index is 0.347. The highest BCUT2D eigenvalue weighted by atomic mass is 16.5. The lowest BCUT2D eigenvalue weighted by Crippen LogP contribution is -2.23. The fourth-order valence-corrected chi connectivity index (χ4v) is 2.69. The number of hydrogen-bond donors (Lipinski definition) is 0. The Morgan fingerprint density at radius 3 is 2.25 bits per heavy atom. The zero-order valence-electron chi connectivity index (χ0n) is 13.5. The minimum Gasteiger partial charge on any atom is -0.381 e. The normalized spacial score (nSPS) is 23.2. The first-order chi connectivity index (χ1) is 9.61. The average Bonchev–Trinajstić information content (AvgIpc) is 2.45. The molecule has 0 aromatic carbocycles. The number of Topliss-reactive ketones (excluding diaryl/α,β-unsaturated/α-hetero) is 1. The molecule has 0 amide bonds. The largest absolute Gasteiger partial charge is 0.381 e.